The smallest absolute Gasteiger partial charge is 0.258 e. The lowest BCUT2D eigenvalue weighted by atomic mass is 10.3. The zero-order valence-corrected chi connectivity index (χ0v) is 8.10. The summed E-state index contributed by atoms with van der Waals surface area (Å²) in [6, 6.07) is 0. The van der Waals surface area contributed by atoms with Gasteiger partial charge < -0.3 is 10.7 Å². The Morgan fingerprint density at radius 2 is 2.54 bits per heavy atom. The zero-order chi connectivity index (χ0) is 9.68. The van der Waals surface area contributed by atoms with E-state index in [1.165, 1.54) is 18.0 Å². The minimum absolute atomic E-state index is 0.135. The Labute approximate surface area is 80.3 Å². The second kappa shape index (κ2) is 4.84. The van der Waals surface area contributed by atoms with Gasteiger partial charge >= 0.3 is 0 Å². The zero-order valence-electron chi connectivity index (χ0n) is 7.28. The van der Waals surface area contributed by atoms with E-state index in [2.05, 4.69) is 9.97 Å². The third-order valence-corrected chi connectivity index (χ3v) is 2.02. The van der Waals surface area contributed by atoms with Crippen molar-refractivity contribution in [3.8, 4) is 0 Å². The predicted octanol–water partition coefficient (Wildman–Crippen LogP) is 0.464. The van der Waals surface area contributed by atoms with Gasteiger partial charge in [0.15, 0.2) is 5.16 Å². The molecule has 0 aliphatic heterocycles. The van der Waals surface area contributed by atoms with Gasteiger partial charge in [-0.1, -0.05) is 23.9 Å². The highest BCUT2D eigenvalue weighted by molar-refractivity contribution is 7.98. The Kier molecular flexibility index (Phi) is 3.72. The predicted molar refractivity (Wildman–Crippen MR) is 54.7 cm³/mol. The number of nitrogens with one attached hydrogen (secondary N) is 1. The molecule has 0 fully saturated rings. The maximum atomic E-state index is 11.3. The van der Waals surface area contributed by atoms with E-state index >= 15 is 0 Å². The third kappa shape index (κ3) is 2.71. The number of H-pyrrole nitrogens is 1. The van der Waals surface area contributed by atoms with Crippen LogP contribution in [0.5, 0.6) is 0 Å². The number of thioether (sulfide) groups is 1. The van der Waals surface area contributed by atoms with Crippen LogP contribution in [0.3, 0.4) is 0 Å². The number of nitrogens with zero attached hydrogens (tertiary/aromatic N) is 1. The lowest BCUT2D eigenvalue weighted by molar-refractivity contribution is 0.934. The van der Waals surface area contributed by atoms with E-state index in [1.54, 1.807) is 12.2 Å². The lowest BCUT2D eigenvalue weighted by Gasteiger charge is -1.95. The molecule has 0 bridgehead atoms. The molecule has 4 nitrogen and oxygen atoms in total. The summed E-state index contributed by atoms with van der Waals surface area (Å²) in [5.41, 5.74) is 5.65. The van der Waals surface area contributed by atoms with E-state index in [9.17, 15) is 4.79 Å². The number of rotatable bonds is 3. The number of hydrogen-bond donors (Lipinski definition) is 2. The van der Waals surface area contributed by atoms with Crippen LogP contribution in [0.2, 0.25) is 0 Å². The van der Waals surface area contributed by atoms with Crippen LogP contribution in [-0.4, -0.2) is 22.8 Å². The molecule has 0 radical (unpaired) electrons. The molecule has 5 heteroatoms. The molecule has 0 spiro atoms. The van der Waals surface area contributed by atoms with E-state index in [0.29, 0.717) is 17.3 Å². The molecule has 0 atom stereocenters. The van der Waals surface area contributed by atoms with Crippen LogP contribution in [0.25, 0.3) is 6.08 Å². The molecular weight excluding hydrogens is 186 g/mol. The molecule has 3 N–H and O–H groups in total. The van der Waals surface area contributed by atoms with Crippen molar-refractivity contribution in [2.45, 2.75) is 5.16 Å². The maximum absolute atomic E-state index is 11.3. The summed E-state index contributed by atoms with van der Waals surface area (Å²) in [5, 5.41) is 0.620. The molecule has 1 rings (SSSR count). The monoisotopic (exact) mass is 197 g/mol. The van der Waals surface area contributed by atoms with E-state index in [-0.39, 0.29) is 5.56 Å². The van der Waals surface area contributed by atoms with Gasteiger partial charge in [-0.3, -0.25) is 4.79 Å². The van der Waals surface area contributed by atoms with Crippen molar-refractivity contribution in [1.82, 2.24) is 9.97 Å². The lowest BCUT2D eigenvalue weighted by Crippen LogP contribution is -2.11. The first-order chi connectivity index (χ1) is 6.27. The van der Waals surface area contributed by atoms with Crippen LogP contribution >= 0.6 is 11.8 Å². The van der Waals surface area contributed by atoms with Crippen LogP contribution in [0.4, 0.5) is 0 Å². The van der Waals surface area contributed by atoms with Gasteiger partial charge in [-0.2, -0.15) is 0 Å². The minimum atomic E-state index is -0.135. The van der Waals surface area contributed by atoms with Gasteiger partial charge in [-0.05, 0) is 6.26 Å². The van der Waals surface area contributed by atoms with Crippen LogP contribution in [0, 0.1) is 0 Å². The highest BCUT2D eigenvalue weighted by Crippen LogP contribution is 2.04. The number of nitrogens with two attached hydrogens (primary N) is 1. The number of aromatic amines is 1. The van der Waals surface area contributed by atoms with Crippen molar-refractivity contribution >= 4 is 17.8 Å². The molecule has 13 heavy (non-hydrogen) atoms. The summed E-state index contributed by atoms with van der Waals surface area (Å²) in [7, 11) is 0. The van der Waals surface area contributed by atoms with Crippen molar-refractivity contribution in [1.29, 1.82) is 0 Å². The molecule has 1 aromatic heterocycles. The van der Waals surface area contributed by atoms with E-state index < -0.39 is 0 Å². The van der Waals surface area contributed by atoms with Gasteiger partial charge in [0.1, 0.15) is 0 Å². The fourth-order valence-electron chi connectivity index (χ4n) is 0.806. The van der Waals surface area contributed by atoms with E-state index in [0.717, 1.165) is 0 Å². The average molecular weight is 197 g/mol. The van der Waals surface area contributed by atoms with Gasteiger partial charge in [-0.25, -0.2) is 4.98 Å². The van der Waals surface area contributed by atoms with Crippen LogP contribution < -0.4 is 11.3 Å². The summed E-state index contributed by atoms with van der Waals surface area (Å²) < 4.78 is 0. The van der Waals surface area contributed by atoms with Gasteiger partial charge in [0, 0.05) is 12.7 Å². The fraction of sp³-hybridized carbons (Fsp3) is 0.250. The maximum Gasteiger partial charge on any atom is 0.258 e. The van der Waals surface area contributed by atoms with Gasteiger partial charge in [-0.15, -0.1) is 0 Å². The van der Waals surface area contributed by atoms with E-state index in [4.69, 9.17) is 5.73 Å². The third-order valence-electron chi connectivity index (χ3n) is 1.43. The van der Waals surface area contributed by atoms with Crippen LogP contribution in [0.15, 0.2) is 22.2 Å². The summed E-state index contributed by atoms with van der Waals surface area (Å²) in [6.45, 7) is 0.420. The first-order valence-electron chi connectivity index (χ1n) is 3.78. The first kappa shape index (κ1) is 10.0. The molecule has 0 aliphatic rings. The van der Waals surface area contributed by atoms with Crippen molar-refractivity contribution in [3.05, 3.63) is 28.2 Å². The van der Waals surface area contributed by atoms with Gasteiger partial charge in [0.2, 0.25) is 0 Å². The normalized spacial score (nSPS) is 10.9. The highest BCUT2D eigenvalue weighted by Gasteiger charge is 1.97. The number of hydrogen-bond acceptors (Lipinski definition) is 4. The molecule has 70 valence electrons. The minimum Gasteiger partial charge on any atom is -0.327 e. The van der Waals surface area contributed by atoms with E-state index in [1.807, 2.05) is 6.26 Å². The second-order valence-corrected chi connectivity index (χ2v) is 3.11. The molecule has 1 heterocycles. The molecule has 0 amide bonds. The molecular formula is C8H11N3OS. The first-order valence-corrected chi connectivity index (χ1v) is 5.00. The molecule has 1 aromatic rings. The SMILES string of the molecule is CSc1ncc(C=CCN)c(=O)[nH]1. The van der Waals surface area contributed by atoms with Gasteiger partial charge in [0.05, 0.1) is 5.56 Å². The molecule has 0 saturated carbocycles. The van der Waals surface area contributed by atoms with Crippen molar-refractivity contribution < 1.29 is 0 Å². The standard InChI is InChI=1S/C8H11N3OS/c1-13-8-10-5-6(3-2-4-9)7(12)11-8/h2-3,5H,4,9H2,1H3,(H,10,11,12). The van der Waals surface area contributed by atoms with Gasteiger partial charge in [0.25, 0.3) is 5.56 Å². The Morgan fingerprint density at radius 1 is 1.77 bits per heavy atom. The summed E-state index contributed by atoms with van der Waals surface area (Å²) in [6.07, 6.45) is 6.77. The molecule has 0 saturated heterocycles. The van der Waals surface area contributed by atoms with Crippen LogP contribution in [-0.2, 0) is 0 Å². The Hall–Kier alpha value is -1.07. The summed E-state index contributed by atoms with van der Waals surface area (Å²) in [4.78, 5) is 18.0. The average Bonchev–Trinajstić information content (AvgIpc) is 2.16. The topological polar surface area (TPSA) is 71.8 Å². The highest BCUT2D eigenvalue weighted by atomic mass is 32.2. The van der Waals surface area contributed by atoms with Crippen LogP contribution in [0.1, 0.15) is 5.56 Å². The fourth-order valence-corrected chi connectivity index (χ4v) is 1.16. The largest absolute Gasteiger partial charge is 0.327 e. The molecule has 0 aromatic carbocycles. The van der Waals surface area contributed by atoms with Crippen molar-refractivity contribution in [3.63, 3.8) is 0 Å². The second-order valence-electron chi connectivity index (χ2n) is 2.32. The van der Waals surface area contributed by atoms with Crippen molar-refractivity contribution in [2.75, 3.05) is 12.8 Å². The summed E-state index contributed by atoms with van der Waals surface area (Å²) >= 11 is 1.40. The Bertz CT molecular complexity index is 359. The molecule has 0 aliphatic carbocycles. The Balaban J connectivity index is 2.99. The number of aromatic nitrogens is 2. The molecule has 0 unspecified atom stereocenters. The van der Waals surface area contributed by atoms with Crippen molar-refractivity contribution in [2.24, 2.45) is 5.73 Å². The quantitative estimate of drug-likeness (QED) is 0.545. The Morgan fingerprint density at radius 3 is 3.08 bits per heavy atom. The summed E-state index contributed by atoms with van der Waals surface area (Å²) in [5.74, 6) is 0.